The maximum absolute atomic E-state index is 12.8. The summed E-state index contributed by atoms with van der Waals surface area (Å²) in [5, 5.41) is 8.65. The van der Waals surface area contributed by atoms with Crippen LogP contribution in [0.1, 0.15) is 5.69 Å². The van der Waals surface area contributed by atoms with Gasteiger partial charge in [0.15, 0.2) is 0 Å². The van der Waals surface area contributed by atoms with E-state index in [2.05, 4.69) is 9.97 Å². The van der Waals surface area contributed by atoms with Crippen LogP contribution in [0, 0.1) is 5.82 Å². The van der Waals surface area contributed by atoms with E-state index in [1.807, 2.05) is 0 Å². The molecule has 0 unspecified atom stereocenters. The van der Waals surface area contributed by atoms with E-state index in [0.29, 0.717) is 5.56 Å². The van der Waals surface area contributed by atoms with E-state index < -0.39 is 17.3 Å². The molecule has 0 fully saturated rings. The SMILES string of the molecule is O=C(O)Cc1cc(=O)[nH]c(-c2ccc(F)cc2)n1. The van der Waals surface area contributed by atoms with Crippen LogP contribution >= 0.6 is 0 Å². The maximum atomic E-state index is 12.8. The number of aliphatic carboxylic acids is 1. The molecule has 6 heteroatoms. The number of nitrogens with one attached hydrogen (secondary N) is 1. The molecule has 0 bridgehead atoms. The predicted octanol–water partition coefficient (Wildman–Crippen LogP) is 1.20. The second kappa shape index (κ2) is 4.79. The first-order chi connectivity index (χ1) is 8.54. The Morgan fingerprint density at radius 3 is 2.61 bits per heavy atom. The largest absolute Gasteiger partial charge is 0.481 e. The van der Waals surface area contributed by atoms with Gasteiger partial charge in [0.2, 0.25) is 0 Å². The fourth-order valence-corrected chi connectivity index (χ4v) is 1.50. The molecule has 5 nitrogen and oxygen atoms in total. The number of nitrogens with zero attached hydrogens (tertiary/aromatic N) is 1. The Kier molecular flexibility index (Phi) is 3.18. The molecule has 2 rings (SSSR count). The lowest BCUT2D eigenvalue weighted by molar-refractivity contribution is -0.136. The number of rotatable bonds is 3. The summed E-state index contributed by atoms with van der Waals surface area (Å²) in [6.07, 6.45) is -0.335. The monoisotopic (exact) mass is 248 g/mol. The Bertz CT molecular complexity index is 635. The average molecular weight is 248 g/mol. The minimum absolute atomic E-state index is 0.158. The highest BCUT2D eigenvalue weighted by Crippen LogP contribution is 2.14. The van der Waals surface area contributed by atoms with Gasteiger partial charge < -0.3 is 10.1 Å². The highest BCUT2D eigenvalue weighted by molar-refractivity contribution is 5.69. The number of hydrogen-bond acceptors (Lipinski definition) is 3. The molecule has 0 aliphatic carbocycles. The molecule has 0 spiro atoms. The Morgan fingerprint density at radius 1 is 1.33 bits per heavy atom. The predicted molar refractivity (Wildman–Crippen MR) is 61.6 cm³/mol. The van der Waals surface area contributed by atoms with Crippen LogP contribution < -0.4 is 5.56 Å². The molecular weight excluding hydrogens is 239 g/mol. The fraction of sp³-hybridized carbons (Fsp3) is 0.0833. The fourth-order valence-electron chi connectivity index (χ4n) is 1.50. The maximum Gasteiger partial charge on any atom is 0.309 e. The van der Waals surface area contributed by atoms with Crippen LogP contribution in [0.25, 0.3) is 11.4 Å². The third-order valence-corrected chi connectivity index (χ3v) is 2.24. The standard InChI is InChI=1S/C12H9FN2O3/c13-8-3-1-7(2-4-8)12-14-9(6-11(17)18)5-10(16)15-12/h1-5H,6H2,(H,17,18)(H,14,15,16). The molecule has 1 heterocycles. The number of carbonyl (C=O) groups is 1. The second-order valence-electron chi connectivity index (χ2n) is 3.66. The lowest BCUT2D eigenvalue weighted by Gasteiger charge is -2.02. The summed E-state index contributed by atoms with van der Waals surface area (Å²) in [5.74, 6) is -1.25. The summed E-state index contributed by atoms with van der Waals surface area (Å²) in [5.41, 5.74) is 0.229. The minimum Gasteiger partial charge on any atom is -0.481 e. The van der Waals surface area contributed by atoms with Crippen molar-refractivity contribution in [2.75, 3.05) is 0 Å². The van der Waals surface area contributed by atoms with Crippen LogP contribution in [0.4, 0.5) is 4.39 Å². The summed E-state index contributed by atoms with van der Waals surface area (Å²) in [6.45, 7) is 0. The van der Waals surface area contributed by atoms with Crippen LogP contribution in [0.15, 0.2) is 35.1 Å². The molecule has 92 valence electrons. The van der Waals surface area contributed by atoms with Gasteiger partial charge in [-0.2, -0.15) is 0 Å². The average Bonchev–Trinajstić information content (AvgIpc) is 2.28. The van der Waals surface area contributed by atoms with Crippen LogP contribution in [-0.2, 0) is 11.2 Å². The van der Waals surface area contributed by atoms with E-state index in [-0.39, 0.29) is 17.9 Å². The van der Waals surface area contributed by atoms with Gasteiger partial charge in [-0.3, -0.25) is 9.59 Å². The van der Waals surface area contributed by atoms with Gasteiger partial charge in [0.1, 0.15) is 11.6 Å². The van der Waals surface area contributed by atoms with Crippen molar-refractivity contribution in [1.29, 1.82) is 0 Å². The lowest BCUT2D eigenvalue weighted by Crippen LogP contribution is -2.13. The number of halogens is 1. The van der Waals surface area contributed by atoms with Gasteiger partial charge in [-0.25, -0.2) is 9.37 Å². The molecule has 0 aliphatic rings. The molecule has 0 radical (unpaired) electrons. The van der Waals surface area contributed by atoms with Gasteiger partial charge in [0.25, 0.3) is 5.56 Å². The van der Waals surface area contributed by atoms with Gasteiger partial charge in [-0.1, -0.05) is 0 Å². The van der Waals surface area contributed by atoms with Gasteiger partial charge in [-0.15, -0.1) is 0 Å². The van der Waals surface area contributed by atoms with Gasteiger partial charge >= 0.3 is 5.97 Å². The summed E-state index contributed by atoms with van der Waals surface area (Å²) < 4.78 is 12.8. The number of carboxylic acid groups (broad SMARTS) is 1. The van der Waals surface area contributed by atoms with Crippen molar-refractivity contribution in [2.24, 2.45) is 0 Å². The molecule has 1 aromatic carbocycles. The Labute approximate surface area is 101 Å². The Balaban J connectivity index is 2.44. The van der Waals surface area contributed by atoms with Crippen molar-refractivity contribution in [1.82, 2.24) is 9.97 Å². The first kappa shape index (κ1) is 12.0. The van der Waals surface area contributed by atoms with Crippen LogP contribution in [0.5, 0.6) is 0 Å². The van der Waals surface area contributed by atoms with E-state index in [9.17, 15) is 14.0 Å². The van der Waals surface area contributed by atoms with Crippen molar-refractivity contribution < 1.29 is 14.3 Å². The molecule has 2 N–H and O–H groups in total. The molecule has 2 aromatic rings. The highest BCUT2D eigenvalue weighted by atomic mass is 19.1. The Hall–Kier alpha value is -2.50. The molecule has 0 saturated heterocycles. The lowest BCUT2D eigenvalue weighted by atomic mass is 10.2. The summed E-state index contributed by atoms with van der Waals surface area (Å²) in [4.78, 5) is 28.4. The summed E-state index contributed by atoms with van der Waals surface area (Å²) >= 11 is 0. The number of aromatic amines is 1. The van der Waals surface area contributed by atoms with Gasteiger partial charge in [0.05, 0.1) is 12.1 Å². The van der Waals surface area contributed by atoms with Crippen LogP contribution in [-0.4, -0.2) is 21.0 Å². The van der Waals surface area contributed by atoms with E-state index >= 15 is 0 Å². The molecule has 18 heavy (non-hydrogen) atoms. The first-order valence-corrected chi connectivity index (χ1v) is 5.12. The number of benzene rings is 1. The normalized spacial score (nSPS) is 10.3. The van der Waals surface area contributed by atoms with Crippen molar-refractivity contribution in [3.8, 4) is 11.4 Å². The van der Waals surface area contributed by atoms with Crippen LogP contribution in [0.3, 0.4) is 0 Å². The number of H-pyrrole nitrogens is 1. The van der Waals surface area contributed by atoms with E-state index in [0.717, 1.165) is 6.07 Å². The zero-order valence-electron chi connectivity index (χ0n) is 9.18. The third-order valence-electron chi connectivity index (χ3n) is 2.24. The highest BCUT2D eigenvalue weighted by Gasteiger charge is 2.07. The van der Waals surface area contributed by atoms with Crippen LogP contribution in [0.2, 0.25) is 0 Å². The van der Waals surface area contributed by atoms with Crippen molar-refractivity contribution in [3.05, 3.63) is 52.2 Å². The third kappa shape index (κ3) is 2.79. The van der Waals surface area contributed by atoms with Crippen molar-refractivity contribution >= 4 is 5.97 Å². The molecular formula is C12H9FN2O3. The summed E-state index contributed by atoms with van der Waals surface area (Å²) in [7, 11) is 0. The first-order valence-electron chi connectivity index (χ1n) is 5.12. The number of aromatic nitrogens is 2. The van der Waals surface area contributed by atoms with Gasteiger partial charge in [-0.05, 0) is 24.3 Å². The summed E-state index contributed by atoms with van der Waals surface area (Å²) in [6, 6.07) is 6.51. The molecule has 0 atom stereocenters. The van der Waals surface area contributed by atoms with Crippen molar-refractivity contribution in [3.63, 3.8) is 0 Å². The zero-order valence-corrected chi connectivity index (χ0v) is 9.18. The van der Waals surface area contributed by atoms with Crippen molar-refractivity contribution in [2.45, 2.75) is 6.42 Å². The number of hydrogen-bond donors (Lipinski definition) is 2. The quantitative estimate of drug-likeness (QED) is 0.855. The molecule has 1 aromatic heterocycles. The molecule has 0 amide bonds. The smallest absolute Gasteiger partial charge is 0.309 e. The molecule has 0 aliphatic heterocycles. The van der Waals surface area contributed by atoms with E-state index in [1.165, 1.54) is 24.3 Å². The number of carboxylic acids is 1. The van der Waals surface area contributed by atoms with E-state index in [4.69, 9.17) is 5.11 Å². The Morgan fingerprint density at radius 2 is 2.00 bits per heavy atom. The topological polar surface area (TPSA) is 83.0 Å². The minimum atomic E-state index is -1.07. The zero-order chi connectivity index (χ0) is 13.1. The van der Waals surface area contributed by atoms with Gasteiger partial charge in [0, 0.05) is 11.6 Å². The molecule has 0 saturated carbocycles. The second-order valence-corrected chi connectivity index (χ2v) is 3.66. The van der Waals surface area contributed by atoms with E-state index in [1.54, 1.807) is 0 Å².